The third-order valence-corrected chi connectivity index (χ3v) is 1.03. The van der Waals surface area contributed by atoms with Gasteiger partial charge >= 0.3 is 0 Å². The number of nitrogens with zero attached hydrogens (tertiary/aromatic N) is 1. The molecule has 0 spiro atoms. The lowest BCUT2D eigenvalue weighted by Gasteiger charge is -1.88. The summed E-state index contributed by atoms with van der Waals surface area (Å²) in [7, 11) is 0. The Morgan fingerprint density at radius 1 is 1.45 bits per heavy atom. The Morgan fingerprint density at radius 3 is 2.36 bits per heavy atom. The normalized spacial score (nSPS) is 7.73. The summed E-state index contributed by atoms with van der Waals surface area (Å²) in [4.78, 5) is 14.4. The molecule has 0 aliphatic heterocycles. The predicted molar refractivity (Wildman–Crippen MR) is 45.5 cm³/mol. The van der Waals surface area contributed by atoms with Crippen LogP contribution in [0.5, 0.6) is 0 Å². The highest BCUT2D eigenvalue weighted by Crippen LogP contribution is 1.92. The van der Waals surface area contributed by atoms with Gasteiger partial charge in [-0.25, -0.2) is 0 Å². The summed E-state index contributed by atoms with van der Waals surface area (Å²) >= 11 is 0. The molecule has 0 atom stereocenters. The smallest absolute Gasteiger partial charge is 0.178 e. The zero-order valence-electron chi connectivity index (χ0n) is 6.58. The minimum atomic E-state index is 0.00981. The molecular weight excluding hydrogens is 138 g/mol. The number of hydrogen-bond acceptors (Lipinski definition) is 2. The molecule has 0 saturated carbocycles. The molecule has 1 aromatic heterocycles. The Labute approximate surface area is 66.6 Å². The first-order chi connectivity index (χ1) is 5.30. The highest BCUT2D eigenvalue weighted by molar-refractivity contribution is 5.91. The van der Waals surface area contributed by atoms with Gasteiger partial charge in [0.05, 0.1) is 0 Å². The van der Waals surface area contributed by atoms with E-state index in [4.69, 9.17) is 0 Å². The maximum absolute atomic E-state index is 10.6. The average Bonchev–Trinajstić information content (AvgIpc) is 2.10. The molecule has 0 unspecified atom stereocenters. The Morgan fingerprint density at radius 2 is 2.09 bits per heavy atom. The van der Waals surface area contributed by atoms with E-state index in [2.05, 4.69) is 18.1 Å². The first kappa shape index (κ1) is 9.56. The van der Waals surface area contributed by atoms with E-state index >= 15 is 0 Å². The fourth-order valence-corrected chi connectivity index (χ4v) is 0.571. The molecule has 1 rings (SSSR count). The van der Waals surface area contributed by atoms with Crippen LogP contribution in [0.4, 0.5) is 0 Å². The van der Waals surface area contributed by atoms with E-state index in [-0.39, 0.29) is 5.78 Å². The van der Waals surface area contributed by atoms with E-state index in [9.17, 15) is 4.79 Å². The van der Waals surface area contributed by atoms with Gasteiger partial charge in [-0.15, -0.1) is 13.2 Å². The van der Waals surface area contributed by atoms with E-state index in [1.54, 1.807) is 24.4 Å². The largest absolute Gasteiger partial charge is 0.293 e. The maximum Gasteiger partial charge on any atom is 0.178 e. The van der Waals surface area contributed by atoms with E-state index in [1.165, 1.54) is 6.92 Å². The summed E-state index contributed by atoms with van der Waals surface area (Å²) in [5.41, 5.74) is 0.525. The number of ketones is 1. The lowest BCUT2D eigenvalue weighted by molar-refractivity contribution is 0.101. The summed E-state index contributed by atoms with van der Waals surface area (Å²) in [5.74, 6) is 0.00981. The molecule has 58 valence electrons. The van der Waals surface area contributed by atoms with Crippen molar-refractivity contribution in [3.05, 3.63) is 43.2 Å². The quantitative estimate of drug-likeness (QED) is 0.452. The molecule has 2 heteroatoms. The van der Waals surface area contributed by atoms with Crippen molar-refractivity contribution in [2.75, 3.05) is 0 Å². The van der Waals surface area contributed by atoms with Gasteiger partial charge in [-0.2, -0.15) is 0 Å². The lowest BCUT2D eigenvalue weighted by atomic mass is 10.3. The second-order valence-electron chi connectivity index (χ2n) is 1.77. The summed E-state index contributed by atoms with van der Waals surface area (Å²) in [6.07, 6.45) is 1.61. The molecule has 0 amide bonds. The topological polar surface area (TPSA) is 30.0 Å². The molecule has 1 heterocycles. The Bertz CT molecular complexity index is 218. The fraction of sp³-hybridized carbons (Fsp3) is 0.111. The van der Waals surface area contributed by atoms with Crippen LogP contribution in [0.25, 0.3) is 0 Å². The van der Waals surface area contributed by atoms with Crippen molar-refractivity contribution in [2.24, 2.45) is 0 Å². The molecule has 0 aliphatic rings. The van der Waals surface area contributed by atoms with Crippen LogP contribution in [0.3, 0.4) is 0 Å². The molecule has 0 bridgehead atoms. The van der Waals surface area contributed by atoms with Crippen LogP contribution in [-0.2, 0) is 0 Å². The van der Waals surface area contributed by atoms with Crippen LogP contribution in [0.2, 0.25) is 0 Å². The second kappa shape index (κ2) is 5.35. The molecule has 1 aromatic rings. The van der Waals surface area contributed by atoms with Gasteiger partial charge in [-0.3, -0.25) is 9.78 Å². The van der Waals surface area contributed by atoms with Crippen LogP contribution in [-0.4, -0.2) is 10.8 Å². The lowest BCUT2D eigenvalue weighted by Crippen LogP contribution is -1.93. The van der Waals surface area contributed by atoms with Crippen molar-refractivity contribution < 1.29 is 4.79 Å². The SMILES string of the molecule is C=C.CC(=O)c1ccccn1. The zero-order chi connectivity index (χ0) is 8.69. The van der Waals surface area contributed by atoms with Gasteiger partial charge < -0.3 is 0 Å². The third-order valence-electron chi connectivity index (χ3n) is 1.03. The minimum Gasteiger partial charge on any atom is -0.293 e. The molecule has 11 heavy (non-hydrogen) atoms. The standard InChI is InChI=1S/C7H7NO.C2H4/c1-6(9)7-4-2-3-5-8-7;1-2/h2-5H,1H3;1-2H2. The molecule has 0 fully saturated rings. The van der Waals surface area contributed by atoms with E-state index < -0.39 is 0 Å². The number of carbonyl (C=O) groups is 1. The number of hydrogen-bond donors (Lipinski definition) is 0. The van der Waals surface area contributed by atoms with Crippen molar-refractivity contribution >= 4 is 5.78 Å². The number of aromatic nitrogens is 1. The predicted octanol–water partition coefficient (Wildman–Crippen LogP) is 2.09. The second-order valence-corrected chi connectivity index (χ2v) is 1.77. The third kappa shape index (κ3) is 3.30. The molecule has 0 saturated heterocycles. The molecule has 0 aliphatic carbocycles. The first-order valence-corrected chi connectivity index (χ1v) is 3.22. The zero-order valence-corrected chi connectivity index (χ0v) is 6.58. The van der Waals surface area contributed by atoms with E-state index in [1.807, 2.05) is 0 Å². The van der Waals surface area contributed by atoms with Crippen molar-refractivity contribution in [2.45, 2.75) is 6.92 Å². The number of Topliss-reactive ketones (excluding diaryl/α,β-unsaturated/α-hetero) is 1. The Kier molecular flexibility index (Phi) is 4.65. The van der Waals surface area contributed by atoms with Crippen molar-refractivity contribution in [1.82, 2.24) is 4.98 Å². The first-order valence-electron chi connectivity index (χ1n) is 3.22. The number of carbonyl (C=O) groups excluding carboxylic acids is 1. The van der Waals surface area contributed by atoms with Gasteiger partial charge in [0.25, 0.3) is 0 Å². The van der Waals surface area contributed by atoms with Gasteiger partial charge in [0.2, 0.25) is 0 Å². The van der Waals surface area contributed by atoms with E-state index in [0.29, 0.717) is 5.69 Å². The van der Waals surface area contributed by atoms with Crippen LogP contribution in [0, 0.1) is 0 Å². The monoisotopic (exact) mass is 149 g/mol. The molecule has 0 N–H and O–H groups in total. The maximum atomic E-state index is 10.6. The van der Waals surface area contributed by atoms with Gasteiger partial charge in [-0.05, 0) is 12.1 Å². The van der Waals surface area contributed by atoms with Crippen LogP contribution in [0.15, 0.2) is 37.6 Å². The highest BCUT2D eigenvalue weighted by Gasteiger charge is 1.94. The number of pyridine rings is 1. The number of rotatable bonds is 1. The van der Waals surface area contributed by atoms with Crippen molar-refractivity contribution in [3.8, 4) is 0 Å². The Hall–Kier alpha value is -1.44. The van der Waals surface area contributed by atoms with Gasteiger partial charge in [0.15, 0.2) is 5.78 Å². The van der Waals surface area contributed by atoms with Crippen molar-refractivity contribution in [1.29, 1.82) is 0 Å². The minimum absolute atomic E-state index is 0.00981. The van der Waals surface area contributed by atoms with Crippen LogP contribution in [0.1, 0.15) is 17.4 Å². The molecule has 0 radical (unpaired) electrons. The summed E-state index contributed by atoms with van der Waals surface area (Å²) in [5, 5.41) is 0. The fourth-order valence-electron chi connectivity index (χ4n) is 0.571. The van der Waals surface area contributed by atoms with Gasteiger partial charge in [0, 0.05) is 13.1 Å². The van der Waals surface area contributed by atoms with Gasteiger partial charge in [-0.1, -0.05) is 6.07 Å². The van der Waals surface area contributed by atoms with Crippen LogP contribution < -0.4 is 0 Å². The van der Waals surface area contributed by atoms with Gasteiger partial charge in [0.1, 0.15) is 5.69 Å². The average molecular weight is 149 g/mol. The molecular formula is C9H11NO. The Balaban J connectivity index is 0.000000461. The summed E-state index contributed by atoms with van der Waals surface area (Å²) < 4.78 is 0. The highest BCUT2D eigenvalue weighted by atomic mass is 16.1. The molecule has 2 nitrogen and oxygen atoms in total. The summed E-state index contributed by atoms with van der Waals surface area (Å²) in [6.45, 7) is 7.50. The molecule has 0 aromatic carbocycles. The van der Waals surface area contributed by atoms with Crippen LogP contribution >= 0.6 is 0 Å². The van der Waals surface area contributed by atoms with Crippen molar-refractivity contribution in [3.63, 3.8) is 0 Å². The summed E-state index contributed by atoms with van der Waals surface area (Å²) in [6, 6.07) is 5.28. The van der Waals surface area contributed by atoms with E-state index in [0.717, 1.165) is 0 Å².